The van der Waals surface area contributed by atoms with Crippen LogP contribution in [0.4, 0.5) is 0 Å². The second-order valence-electron chi connectivity index (χ2n) is 11.1. The highest BCUT2D eigenvalue weighted by molar-refractivity contribution is 5.95. The Hall–Kier alpha value is -5.60. The first-order valence-electron chi connectivity index (χ1n) is 14.8. The van der Waals surface area contributed by atoms with Crippen LogP contribution < -0.4 is 0 Å². The van der Waals surface area contributed by atoms with Gasteiger partial charge >= 0.3 is 0 Å². The molecular formula is C41H30N2. The molecule has 8 aromatic rings. The summed E-state index contributed by atoms with van der Waals surface area (Å²) in [7, 11) is 0. The molecule has 0 saturated carbocycles. The largest absolute Gasteiger partial charge is 0.323 e. The standard InChI is InChI=1S/C41H30N2/c1-29-36-16-8-9-17-38(36)43(41(29)34-14-6-3-7-15-34)35-25-23-31(24-26-35)30-19-21-32(22-20-30)37-28-42-27-11-10-18-39(42)40(37)33-12-4-2-5-13-33/h2-28H,1H3. The molecule has 0 N–H and O–H groups in total. The lowest BCUT2D eigenvalue weighted by molar-refractivity contribution is 1.13. The van der Waals surface area contributed by atoms with Crippen LogP contribution in [0.2, 0.25) is 0 Å². The topological polar surface area (TPSA) is 9.34 Å². The van der Waals surface area contributed by atoms with E-state index in [1.807, 2.05) is 0 Å². The minimum absolute atomic E-state index is 1.16. The number of hydrogen-bond donors (Lipinski definition) is 0. The van der Waals surface area contributed by atoms with Crippen molar-refractivity contribution in [1.29, 1.82) is 0 Å². The molecule has 5 aromatic carbocycles. The predicted molar refractivity (Wildman–Crippen MR) is 181 cm³/mol. The number of para-hydroxylation sites is 1. The number of nitrogens with zero attached hydrogens (tertiary/aromatic N) is 2. The smallest absolute Gasteiger partial charge is 0.0570 e. The molecule has 0 spiro atoms. The van der Waals surface area contributed by atoms with Gasteiger partial charge in [-0.05, 0) is 70.6 Å². The minimum Gasteiger partial charge on any atom is -0.323 e. The molecule has 0 atom stereocenters. The van der Waals surface area contributed by atoms with Crippen molar-refractivity contribution in [2.24, 2.45) is 0 Å². The molecule has 8 rings (SSSR count). The zero-order chi connectivity index (χ0) is 28.8. The van der Waals surface area contributed by atoms with Crippen LogP contribution in [0.1, 0.15) is 5.56 Å². The summed E-state index contributed by atoms with van der Waals surface area (Å²) in [5.74, 6) is 0. The van der Waals surface area contributed by atoms with E-state index in [2.05, 4.69) is 180 Å². The monoisotopic (exact) mass is 550 g/mol. The van der Waals surface area contributed by atoms with Gasteiger partial charge in [-0.1, -0.05) is 121 Å². The Bertz CT molecular complexity index is 2200. The van der Waals surface area contributed by atoms with Gasteiger partial charge in [0.1, 0.15) is 0 Å². The van der Waals surface area contributed by atoms with Crippen molar-refractivity contribution in [3.05, 3.63) is 170 Å². The molecular weight excluding hydrogens is 520 g/mol. The van der Waals surface area contributed by atoms with Crippen LogP contribution in [0.15, 0.2) is 164 Å². The molecule has 0 saturated heterocycles. The van der Waals surface area contributed by atoms with E-state index >= 15 is 0 Å². The van der Waals surface area contributed by atoms with Crippen molar-refractivity contribution in [3.63, 3.8) is 0 Å². The normalized spacial score (nSPS) is 11.4. The van der Waals surface area contributed by atoms with Gasteiger partial charge in [-0.2, -0.15) is 0 Å². The fraction of sp³-hybridized carbons (Fsp3) is 0.0244. The molecule has 0 aliphatic carbocycles. The Morgan fingerprint density at radius 3 is 1.72 bits per heavy atom. The van der Waals surface area contributed by atoms with Gasteiger partial charge in [0, 0.05) is 34.6 Å². The lowest BCUT2D eigenvalue weighted by Crippen LogP contribution is -1.97. The predicted octanol–water partition coefficient (Wildman–Crippen LogP) is 10.9. The summed E-state index contributed by atoms with van der Waals surface area (Å²) in [6.45, 7) is 2.23. The van der Waals surface area contributed by atoms with Crippen molar-refractivity contribution in [1.82, 2.24) is 8.97 Å². The van der Waals surface area contributed by atoms with E-state index < -0.39 is 0 Å². The van der Waals surface area contributed by atoms with Gasteiger partial charge in [-0.3, -0.25) is 0 Å². The average Bonchev–Trinajstić information content (AvgIpc) is 3.61. The summed E-state index contributed by atoms with van der Waals surface area (Å²) in [5, 5.41) is 1.29. The van der Waals surface area contributed by atoms with Crippen molar-refractivity contribution in [3.8, 4) is 50.3 Å². The van der Waals surface area contributed by atoms with Crippen molar-refractivity contribution in [2.45, 2.75) is 6.92 Å². The van der Waals surface area contributed by atoms with E-state index in [-0.39, 0.29) is 0 Å². The fourth-order valence-electron chi connectivity index (χ4n) is 6.51. The van der Waals surface area contributed by atoms with Gasteiger partial charge in [0.05, 0.1) is 16.7 Å². The molecule has 2 heteroatoms. The third-order valence-electron chi connectivity index (χ3n) is 8.58. The summed E-state index contributed by atoms with van der Waals surface area (Å²) in [4.78, 5) is 0. The first-order chi connectivity index (χ1) is 21.3. The van der Waals surface area contributed by atoms with Crippen LogP contribution in [-0.2, 0) is 0 Å². The molecule has 0 bridgehead atoms. The van der Waals surface area contributed by atoms with E-state index in [0.717, 1.165) is 5.69 Å². The Balaban J connectivity index is 1.18. The Morgan fingerprint density at radius 2 is 1.00 bits per heavy atom. The number of pyridine rings is 1. The number of fused-ring (bicyclic) bond motifs is 2. The SMILES string of the molecule is Cc1c(-c2ccccc2)n(-c2ccc(-c3ccc(-c4cn5ccccc5c4-c4ccccc4)cc3)cc2)c2ccccc12. The van der Waals surface area contributed by atoms with Crippen LogP contribution in [0.25, 0.3) is 66.7 Å². The molecule has 0 aliphatic rings. The average molecular weight is 551 g/mol. The Kier molecular flexibility index (Phi) is 6.05. The van der Waals surface area contributed by atoms with E-state index in [0.29, 0.717) is 0 Å². The maximum atomic E-state index is 2.40. The summed E-state index contributed by atoms with van der Waals surface area (Å²) in [6.07, 6.45) is 4.37. The Labute approximate surface area is 251 Å². The van der Waals surface area contributed by atoms with Gasteiger partial charge in [0.2, 0.25) is 0 Å². The quantitative estimate of drug-likeness (QED) is 0.202. The van der Waals surface area contributed by atoms with Crippen LogP contribution >= 0.6 is 0 Å². The second-order valence-corrected chi connectivity index (χ2v) is 11.1. The third kappa shape index (κ3) is 4.27. The third-order valence-corrected chi connectivity index (χ3v) is 8.58. The molecule has 0 aliphatic heterocycles. The van der Waals surface area contributed by atoms with Gasteiger partial charge in [-0.25, -0.2) is 0 Å². The summed E-state index contributed by atoms with van der Waals surface area (Å²) in [5.41, 5.74) is 14.7. The number of hydrogen-bond acceptors (Lipinski definition) is 0. The molecule has 3 aromatic heterocycles. The van der Waals surface area contributed by atoms with E-state index in [1.165, 1.54) is 66.6 Å². The molecule has 204 valence electrons. The molecule has 0 amide bonds. The maximum Gasteiger partial charge on any atom is 0.0570 e. The lowest BCUT2D eigenvalue weighted by Gasteiger charge is -2.13. The Morgan fingerprint density at radius 1 is 0.442 bits per heavy atom. The molecule has 0 radical (unpaired) electrons. The van der Waals surface area contributed by atoms with Gasteiger partial charge < -0.3 is 8.97 Å². The summed E-state index contributed by atoms with van der Waals surface area (Å²) >= 11 is 0. The molecule has 2 nitrogen and oxygen atoms in total. The molecule has 0 unspecified atom stereocenters. The van der Waals surface area contributed by atoms with Crippen LogP contribution in [0.5, 0.6) is 0 Å². The van der Waals surface area contributed by atoms with Crippen molar-refractivity contribution < 1.29 is 0 Å². The number of aromatic nitrogens is 2. The second kappa shape index (κ2) is 10.3. The maximum absolute atomic E-state index is 2.40. The summed E-state index contributed by atoms with van der Waals surface area (Å²) in [6, 6.07) is 54.4. The van der Waals surface area contributed by atoms with Crippen molar-refractivity contribution in [2.75, 3.05) is 0 Å². The lowest BCUT2D eigenvalue weighted by atomic mass is 9.96. The van der Waals surface area contributed by atoms with Crippen LogP contribution in [0.3, 0.4) is 0 Å². The van der Waals surface area contributed by atoms with Crippen molar-refractivity contribution >= 4 is 16.4 Å². The van der Waals surface area contributed by atoms with E-state index in [1.54, 1.807) is 0 Å². The van der Waals surface area contributed by atoms with Gasteiger partial charge in [-0.15, -0.1) is 0 Å². The van der Waals surface area contributed by atoms with E-state index in [4.69, 9.17) is 0 Å². The van der Waals surface area contributed by atoms with Gasteiger partial charge in [0.15, 0.2) is 0 Å². The van der Waals surface area contributed by atoms with Crippen LogP contribution in [0, 0.1) is 6.92 Å². The number of aryl methyl sites for hydroxylation is 1. The highest BCUT2D eigenvalue weighted by Gasteiger charge is 2.17. The number of benzene rings is 5. The zero-order valence-electron chi connectivity index (χ0n) is 24.0. The fourth-order valence-corrected chi connectivity index (χ4v) is 6.51. The first-order valence-corrected chi connectivity index (χ1v) is 14.8. The minimum atomic E-state index is 1.16. The zero-order valence-corrected chi connectivity index (χ0v) is 24.0. The van der Waals surface area contributed by atoms with Gasteiger partial charge in [0.25, 0.3) is 0 Å². The highest BCUT2D eigenvalue weighted by atomic mass is 15.0. The summed E-state index contributed by atoms with van der Waals surface area (Å²) < 4.78 is 4.62. The van der Waals surface area contributed by atoms with Crippen LogP contribution in [-0.4, -0.2) is 8.97 Å². The molecule has 0 fully saturated rings. The first kappa shape index (κ1) is 25.1. The molecule has 3 heterocycles. The highest BCUT2D eigenvalue weighted by Crippen LogP contribution is 2.39. The van der Waals surface area contributed by atoms with E-state index in [9.17, 15) is 0 Å². The molecule has 43 heavy (non-hydrogen) atoms. The number of rotatable bonds is 5.